The molecule has 8 heteroatoms. The third kappa shape index (κ3) is 4.75. The van der Waals surface area contributed by atoms with Crippen LogP contribution >= 0.6 is 23.7 Å². The van der Waals surface area contributed by atoms with Crippen molar-refractivity contribution in [1.82, 2.24) is 10.3 Å². The zero-order chi connectivity index (χ0) is 16.1. The minimum atomic E-state index is -0.339. The maximum atomic E-state index is 12.2. The highest BCUT2D eigenvalue weighted by Crippen LogP contribution is 2.19. The van der Waals surface area contributed by atoms with Crippen LogP contribution < -0.4 is 16.4 Å². The predicted octanol–water partition coefficient (Wildman–Crippen LogP) is 1.99. The van der Waals surface area contributed by atoms with Crippen LogP contribution in [0.5, 0.6) is 0 Å². The fourth-order valence-corrected chi connectivity index (χ4v) is 2.72. The highest BCUT2D eigenvalue weighted by Gasteiger charge is 2.15. The maximum Gasteiger partial charge on any atom is 0.275 e. The van der Waals surface area contributed by atoms with Crippen LogP contribution in [0.1, 0.15) is 31.4 Å². The summed E-state index contributed by atoms with van der Waals surface area (Å²) in [4.78, 5) is 28.4. The Kier molecular flexibility index (Phi) is 7.15. The molecule has 0 aliphatic rings. The molecule has 0 aliphatic heterocycles. The lowest BCUT2D eigenvalue weighted by Gasteiger charge is -2.10. The molecular formula is C15H19ClN4O2S. The summed E-state index contributed by atoms with van der Waals surface area (Å²) in [5.74, 6) is -0.588. The number of aromatic nitrogens is 1. The van der Waals surface area contributed by atoms with Crippen molar-refractivity contribution < 1.29 is 9.59 Å². The Bertz CT molecular complexity index is 703. The first-order chi connectivity index (χ1) is 10.5. The second-order valence-electron chi connectivity index (χ2n) is 4.75. The quantitative estimate of drug-likeness (QED) is 0.764. The standard InChI is InChI=1S/C15H18N4O2S.ClH/c1-9-3-4-11(10(7-9)14(20)17-2)19-15(21)12-8-22-13(18-12)5-6-16;/h3-4,7-8H,5-6,16H2,1-2H3,(H,17,20)(H,19,21);1H. The molecular weight excluding hydrogens is 336 g/mol. The Morgan fingerprint density at radius 2 is 2.04 bits per heavy atom. The first-order valence-electron chi connectivity index (χ1n) is 6.83. The summed E-state index contributed by atoms with van der Waals surface area (Å²) in [7, 11) is 1.55. The molecule has 1 aromatic carbocycles. The zero-order valence-electron chi connectivity index (χ0n) is 12.9. The average Bonchev–Trinajstić information content (AvgIpc) is 2.97. The molecule has 0 saturated heterocycles. The number of thiazole rings is 1. The third-order valence-electron chi connectivity index (χ3n) is 3.04. The van der Waals surface area contributed by atoms with E-state index in [4.69, 9.17) is 5.73 Å². The number of rotatable bonds is 5. The number of benzene rings is 1. The third-order valence-corrected chi connectivity index (χ3v) is 3.95. The monoisotopic (exact) mass is 354 g/mol. The Morgan fingerprint density at radius 3 is 2.70 bits per heavy atom. The molecule has 6 nitrogen and oxygen atoms in total. The highest BCUT2D eigenvalue weighted by molar-refractivity contribution is 7.09. The molecule has 124 valence electrons. The molecule has 0 fully saturated rings. The molecule has 2 aromatic rings. The van der Waals surface area contributed by atoms with Gasteiger partial charge < -0.3 is 16.4 Å². The van der Waals surface area contributed by atoms with Crippen LogP contribution in [0.15, 0.2) is 23.6 Å². The number of hydrogen-bond acceptors (Lipinski definition) is 5. The van der Waals surface area contributed by atoms with Crippen molar-refractivity contribution in [2.24, 2.45) is 5.73 Å². The van der Waals surface area contributed by atoms with Crippen LogP contribution in [0.4, 0.5) is 5.69 Å². The highest BCUT2D eigenvalue weighted by atomic mass is 35.5. The zero-order valence-corrected chi connectivity index (χ0v) is 14.5. The number of carbonyl (C=O) groups is 2. The van der Waals surface area contributed by atoms with Crippen LogP contribution in [0, 0.1) is 6.92 Å². The minimum Gasteiger partial charge on any atom is -0.355 e. The van der Waals surface area contributed by atoms with Gasteiger partial charge in [-0.1, -0.05) is 11.6 Å². The minimum absolute atomic E-state index is 0. The van der Waals surface area contributed by atoms with E-state index in [1.54, 1.807) is 24.6 Å². The maximum absolute atomic E-state index is 12.2. The molecule has 0 spiro atoms. The Hall–Kier alpha value is -1.96. The van der Waals surface area contributed by atoms with Crippen molar-refractivity contribution in [3.05, 3.63) is 45.4 Å². The van der Waals surface area contributed by atoms with Gasteiger partial charge >= 0.3 is 0 Å². The fraction of sp³-hybridized carbons (Fsp3) is 0.267. The predicted molar refractivity (Wildman–Crippen MR) is 94.6 cm³/mol. The Balaban J connectivity index is 0.00000264. The number of halogens is 1. The molecule has 0 saturated carbocycles. The number of nitrogens with one attached hydrogen (secondary N) is 2. The summed E-state index contributed by atoms with van der Waals surface area (Å²) in [6, 6.07) is 5.28. The van der Waals surface area contributed by atoms with Crippen molar-refractivity contribution in [3.8, 4) is 0 Å². The number of nitrogens with zero attached hydrogens (tertiary/aromatic N) is 1. The van der Waals surface area contributed by atoms with Gasteiger partial charge in [-0.05, 0) is 25.6 Å². The second-order valence-corrected chi connectivity index (χ2v) is 5.69. The number of anilines is 1. The van der Waals surface area contributed by atoms with Crippen molar-refractivity contribution in [2.75, 3.05) is 18.9 Å². The van der Waals surface area contributed by atoms with Crippen molar-refractivity contribution in [1.29, 1.82) is 0 Å². The van der Waals surface area contributed by atoms with Gasteiger partial charge in [0.15, 0.2) is 0 Å². The van der Waals surface area contributed by atoms with Gasteiger partial charge in [-0.25, -0.2) is 4.98 Å². The van der Waals surface area contributed by atoms with E-state index in [9.17, 15) is 9.59 Å². The Morgan fingerprint density at radius 1 is 1.30 bits per heavy atom. The van der Waals surface area contributed by atoms with E-state index in [2.05, 4.69) is 15.6 Å². The molecule has 2 amide bonds. The van der Waals surface area contributed by atoms with Crippen molar-refractivity contribution >= 4 is 41.2 Å². The second kappa shape index (κ2) is 8.61. The SMILES string of the molecule is CNC(=O)c1cc(C)ccc1NC(=O)c1csc(CCN)n1.Cl. The summed E-state index contributed by atoms with van der Waals surface area (Å²) in [6.45, 7) is 2.38. The van der Waals surface area contributed by atoms with Crippen LogP contribution in [0.3, 0.4) is 0 Å². The topological polar surface area (TPSA) is 97.1 Å². The molecule has 1 heterocycles. The van der Waals surface area contributed by atoms with Crippen molar-refractivity contribution in [2.45, 2.75) is 13.3 Å². The van der Waals surface area contributed by atoms with Crippen molar-refractivity contribution in [3.63, 3.8) is 0 Å². The summed E-state index contributed by atoms with van der Waals surface area (Å²) < 4.78 is 0. The van der Waals surface area contributed by atoms with E-state index in [0.717, 1.165) is 10.6 Å². The molecule has 23 heavy (non-hydrogen) atoms. The first kappa shape index (κ1) is 19.1. The molecule has 2 rings (SSSR count). The largest absolute Gasteiger partial charge is 0.355 e. The van der Waals surface area contributed by atoms with E-state index in [1.165, 1.54) is 11.3 Å². The summed E-state index contributed by atoms with van der Waals surface area (Å²) in [6.07, 6.45) is 0.645. The van der Waals surface area contributed by atoms with Gasteiger partial charge in [-0.3, -0.25) is 9.59 Å². The smallest absolute Gasteiger partial charge is 0.275 e. The first-order valence-corrected chi connectivity index (χ1v) is 7.71. The lowest BCUT2D eigenvalue weighted by molar-refractivity contribution is 0.0964. The summed E-state index contributed by atoms with van der Waals surface area (Å²) in [5, 5.41) is 7.81. The number of aryl methyl sites for hydroxylation is 1. The molecule has 0 bridgehead atoms. The number of nitrogens with two attached hydrogens (primary N) is 1. The van der Waals surface area contributed by atoms with Gasteiger partial charge in [0.2, 0.25) is 0 Å². The van der Waals surface area contributed by atoms with Crippen LogP contribution in [-0.2, 0) is 6.42 Å². The van der Waals surface area contributed by atoms with Gasteiger partial charge in [-0.15, -0.1) is 23.7 Å². The fourth-order valence-electron chi connectivity index (χ4n) is 1.93. The number of amides is 2. The normalized spacial score (nSPS) is 9.87. The van der Waals surface area contributed by atoms with Crippen LogP contribution in [-0.4, -0.2) is 30.4 Å². The Labute approximate surface area is 144 Å². The van der Waals surface area contributed by atoms with Crippen LogP contribution in [0.2, 0.25) is 0 Å². The average molecular weight is 355 g/mol. The lowest BCUT2D eigenvalue weighted by atomic mass is 10.1. The molecule has 0 aliphatic carbocycles. The molecule has 0 radical (unpaired) electrons. The van der Waals surface area contributed by atoms with E-state index in [1.807, 2.05) is 13.0 Å². The molecule has 0 atom stereocenters. The van der Waals surface area contributed by atoms with Crippen LogP contribution in [0.25, 0.3) is 0 Å². The summed E-state index contributed by atoms with van der Waals surface area (Å²) in [5.41, 5.74) is 7.63. The van der Waals surface area contributed by atoms with Gasteiger partial charge in [0.1, 0.15) is 5.69 Å². The number of carbonyl (C=O) groups excluding carboxylic acids is 2. The van der Waals surface area contributed by atoms with Gasteiger partial charge in [0.05, 0.1) is 16.3 Å². The lowest BCUT2D eigenvalue weighted by Crippen LogP contribution is -2.22. The molecule has 1 aromatic heterocycles. The van der Waals surface area contributed by atoms with E-state index in [-0.39, 0.29) is 24.2 Å². The number of hydrogen-bond donors (Lipinski definition) is 3. The molecule has 0 unspecified atom stereocenters. The van der Waals surface area contributed by atoms with Gasteiger partial charge in [-0.2, -0.15) is 0 Å². The van der Waals surface area contributed by atoms with E-state index >= 15 is 0 Å². The van der Waals surface area contributed by atoms with E-state index < -0.39 is 0 Å². The van der Waals surface area contributed by atoms with Gasteiger partial charge in [0.25, 0.3) is 11.8 Å². The summed E-state index contributed by atoms with van der Waals surface area (Å²) >= 11 is 1.40. The van der Waals surface area contributed by atoms with E-state index in [0.29, 0.717) is 29.9 Å². The molecule has 4 N–H and O–H groups in total. The van der Waals surface area contributed by atoms with Gasteiger partial charge in [0, 0.05) is 18.8 Å².